The van der Waals surface area contributed by atoms with Gasteiger partial charge in [-0.15, -0.1) is 11.3 Å². The molecule has 0 unspecified atom stereocenters. The highest BCUT2D eigenvalue weighted by atomic mass is 32.1. The van der Waals surface area contributed by atoms with Crippen molar-refractivity contribution in [3.05, 3.63) is 91.3 Å². The minimum absolute atomic E-state index is 0.188. The molecule has 0 fully saturated rings. The number of methoxy groups -OCH3 is 4. The first kappa shape index (κ1) is 29.0. The van der Waals surface area contributed by atoms with Crippen LogP contribution in [0.15, 0.2) is 65.5 Å². The summed E-state index contributed by atoms with van der Waals surface area (Å²) in [6.07, 6.45) is 2.46. The van der Waals surface area contributed by atoms with Gasteiger partial charge in [-0.3, -0.25) is 14.2 Å². The first-order valence-electron chi connectivity index (χ1n) is 12.6. The molecule has 9 nitrogen and oxygen atoms in total. The predicted octanol–water partition coefficient (Wildman–Crippen LogP) is 3.64. The third-order valence-electron chi connectivity index (χ3n) is 6.33. The van der Waals surface area contributed by atoms with Crippen molar-refractivity contribution >= 4 is 34.6 Å². The van der Waals surface area contributed by atoms with E-state index in [1.54, 1.807) is 54.6 Å². The van der Waals surface area contributed by atoms with Gasteiger partial charge in [-0.2, -0.15) is 5.26 Å². The molecule has 210 valence electrons. The van der Waals surface area contributed by atoms with Crippen LogP contribution in [0.4, 0.5) is 5.69 Å². The molecule has 0 radical (unpaired) electrons. The van der Waals surface area contributed by atoms with Crippen LogP contribution in [0.1, 0.15) is 18.1 Å². The summed E-state index contributed by atoms with van der Waals surface area (Å²) < 4.78 is 23.5. The number of aryl methyl sites for hydroxylation is 1. The molecule has 0 aliphatic carbocycles. The molecular weight excluding hydrogens is 542 g/mol. The largest absolute Gasteiger partial charge is 0.497 e. The van der Waals surface area contributed by atoms with Gasteiger partial charge in [0.1, 0.15) is 16.5 Å². The van der Waals surface area contributed by atoms with E-state index in [1.807, 2.05) is 25.1 Å². The number of anilines is 1. The van der Waals surface area contributed by atoms with Crippen LogP contribution in [0.2, 0.25) is 0 Å². The SMILES string of the molecule is CCc1ccc(-n2c(=C(C#N)C(=O)Nc3cccc(OC)c3)sc(=Cc3ccc(OC)c(OC)c3OC)c2=O)cc1. The highest BCUT2D eigenvalue weighted by Crippen LogP contribution is 2.40. The first-order valence-corrected chi connectivity index (χ1v) is 13.4. The number of nitriles is 1. The van der Waals surface area contributed by atoms with Gasteiger partial charge >= 0.3 is 0 Å². The molecule has 41 heavy (non-hydrogen) atoms. The number of hydrogen-bond donors (Lipinski definition) is 1. The van der Waals surface area contributed by atoms with Crippen molar-refractivity contribution in [3.8, 4) is 34.8 Å². The summed E-state index contributed by atoms with van der Waals surface area (Å²) in [7, 11) is 6.03. The first-order chi connectivity index (χ1) is 19.9. The number of nitrogens with one attached hydrogen (secondary N) is 1. The zero-order valence-electron chi connectivity index (χ0n) is 23.3. The molecule has 0 saturated carbocycles. The number of benzene rings is 3. The van der Waals surface area contributed by atoms with Gasteiger partial charge < -0.3 is 24.3 Å². The Morgan fingerprint density at radius 1 is 0.976 bits per heavy atom. The second-order valence-electron chi connectivity index (χ2n) is 8.67. The molecule has 3 aromatic carbocycles. The Morgan fingerprint density at radius 3 is 2.32 bits per heavy atom. The van der Waals surface area contributed by atoms with Crippen LogP contribution in [0.25, 0.3) is 17.3 Å². The van der Waals surface area contributed by atoms with Crippen molar-refractivity contribution < 1.29 is 23.7 Å². The number of hydrogen-bond acceptors (Lipinski definition) is 8. The van der Waals surface area contributed by atoms with Crippen molar-refractivity contribution in [3.63, 3.8) is 0 Å². The van der Waals surface area contributed by atoms with Gasteiger partial charge in [0.15, 0.2) is 17.1 Å². The molecular formula is C31H29N3O6S. The van der Waals surface area contributed by atoms with E-state index in [9.17, 15) is 14.9 Å². The van der Waals surface area contributed by atoms with E-state index in [1.165, 1.54) is 33.0 Å². The van der Waals surface area contributed by atoms with Gasteiger partial charge in [0.25, 0.3) is 11.5 Å². The quantitative estimate of drug-likeness (QED) is 0.327. The number of rotatable bonds is 9. The van der Waals surface area contributed by atoms with Crippen LogP contribution in [0.5, 0.6) is 23.0 Å². The Hall–Kier alpha value is -5.01. The van der Waals surface area contributed by atoms with E-state index in [4.69, 9.17) is 18.9 Å². The molecule has 0 aliphatic heterocycles. The molecule has 1 N–H and O–H groups in total. The number of aromatic nitrogens is 1. The Morgan fingerprint density at radius 2 is 1.71 bits per heavy atom. The number of amides is 1. The summed E-state index contributed by atoms with van der Waals surface area (Å²) >= 11 is 1.03. The third kappa shape index (κ3) is 5.95. The number of carbonyl (C=O) groups is 1. The molecule has 1 aromatic heterocycles. The lowest BCUT2D eigenvalue weighted by Gasteiger charge is -2.13. The van der Waals surface area contributed by atoms with Crippen molar-refractivity contribution in [1.29, 1.82) is 5.26 Å². The van der Waals surface area contributed by atoms with E-state index in [0.717, 1.165) is 23.3 Å². The van der Waals surface area contributed by atoms with Gasteiger partial charge in [0.05, 0.1) is 38.7 Å². The minimum Gasteiger partial charge on any atom is -0.497 e. The molecule has 0 aliphatic rings. The van der Waals surface area contributed by atoms with Crippen molar-refractivity contribution in [2.24, 2.45) is 0 Å². The molecule has 4 rings (SSSR count). The number of nitrogens with zero attached hydrogens (tertiary/aromatic N) is 2. The average Bonchev–Trinajstić information content (AvgIpc) is 3.31. The Labute approximate surface area is 241 Å². The molecule has 0 atom stereocenters. The van der Waals surface area contributed by atoms with Gasteiger partial charge in [-0.05, 0) is 54.5 Å². The zero-order valence-corrected chi connectivity index (χ0v) is 24.1. The van der Waals surface area contributed by atoms with Crippen molar-refractivity contribution in [2.75, 3.05) is 33.8 Å². The zero-order chi connectivity index (χ0) is 29.5. The van der Waals surface area contributed by atoms with Gasteiger partial charge in [0, 0.05) is 17.3 Å². The molecule has 0 spiro atoms. The van der Waals surface area contributed by atoms with E-state index in [0.29, 0.717) is 39.9 Å². The smallest absolute Gasteiger partial charge is 0.273 e. The maximum Gasteiger partial charge on any atom is 0.273 e. The van der Waals surface area contributed by atoms with Crippen LogP contribution in [0, 0.1) is 11.3 Å². The predicted molar refractivity (Wildman–Crippen MR) is 159 cm³/mol. The fourth-order valence-corrected chi connectivity index (χ4v) is 5.33. The number of ether oxygens (including phenoxy) is 4. The van der Waals surface area contributed by atoms with Gasteiger partial charge in [0.2, 0.25) is 5.75 Å². The monoisotopic (exact) mass is 571 g/mol. The molecule has 0 bridgehead atoms. The molecule has 1 amide bonds. The number of carbonyl (C=O) groups excluding carboxylic acids is 1. The topological polar surface area (TPSA) is 112 Å². The van der Waals surface area contributed by atoms with Crippen LogP contribution in [-0.4, -0.2) is 38.9 Å². The highest BCUT2D eigenvalue weighted by Gasteiger charge is 2.19. The van der Waals surface area contributed by atoms with E-state index in [2.05, 4.69) is 5.32 Å². The lowest BCUT2D eigenvalue weighted by atomic mass is 10.1. The van der Waals surface area contributed by atoms with E-state index in [-0.39, 0.29) is 14.8 Å². The molecule has 4 aromatic rings. The fraction of sp³-hybridized carbons (Fsp3) is 0.194. The van der Waals surface area contributed by atoms with Crippen LogP contribution in [0.3, 0.4) is 0 Å². The van der Waals surface area contributed by atoms with Crippen LogP contribution < -0.4 is 39.0 Å². The maximum atomic E-state index is 13.9. The van der Waals surface area contributed by atoms with Gasteiger partial charge in [-0.1, -0.05) is 25.1 Å². The summed E-state index contributed by atoms with van der Waals surface area (Å²) in [6, 6.07) is 19.7. The molecule has 0 saturated heterocycles. The highest BCUT2D eigenvalue weighted by molar-refractivity contribution is 7.07. The lowest BCUT2D eigenvalue weighted by molar-refractivity contribution is -0.111. The van der Waals surface area contributed by atoms with Crippen molar-refractivity contribution in [1.82, 2.24) is 4.57 Å². The van der Waals surface area contributed by atoms with E-state index < -0.39 is 11.5 Å². The lowest BCUT2D eigenvalue weighted by Crippen LogP contribution is -2.32. The normalized spacial score (nSPS) is 11.9. The Bertz CT molecular complexity index is 1800. The Kier molecular flexibility index (Phi) is 9.12. The summed E-state index contributed by atoms with van der Waals surface area (Å²) in [6.45, 7) is 2.03. The molecule has 10 heteroatoms. The van der Waals surface area contributed by atoms with Crippen LogP contribution in [-0.2, 0) is 11.2 Å². The summed E-state index contributed by atoms with van der Waals surface area (Å²) in [4.78, 5) is 27.3. The minimum atomic E-state index is -0.656. The third-order valence-corrected chi connectivity index (χ3v) is 7.42. The summed E-state index contributed by atoms with van der Waals surface area (Å²) in [5, 5.41) is 12.9. The van der Waals surface area contributed by atoms with E-state index >= 15 is 0 Å². The maximum absolute atomic E-state index is 13.9. The second-order valence-corrected chi connectivity index (χ2v) is 9.70. The average molecular weight is 572 g/mol. The van der Waals surface area contributed by atoms with Crippen LogP contribution >= 0.6 is 11.3 Å². The summed E-state index contributed by atoms with van der Waals surface area (Å²) in [5.41, 5.74) is 2.01. The number of thiazole rings is 1. The van der Waals surface area contributed by atoms with Crippen molar-refractivity contribution in [2.45, 2.75) is 13.3 Å². The molecule has 1 heterocycles. The second kappa shape index (κ2) is 12.9. The fourth-order valence-electron chi connectivity index (χ4n) is 4.23. The van der Waals surface area contributed by atoms with Gasteiger partial charge in [-0.25, -0.2) is 0 Å². The summed E-state index contributed by atoms with van der Waals surface area (Å²) in [5.74, 6) is 1.11. The Balaban J connectivity index is 1.99. The standard InChI is InChI=1S/C31H29N3O6S/c1-6-19-10-13-22(14-11-19)34-30(36)26(16-20-12-15-25(38-3)28(40-5)27(20)39-4)41-31(34)24(18-32)29(35)33-21-8-7-9-23(17-21)37-2/h7-17H,6H2,1-5H3,(H,33,35).